The molecule has 0 aromatic heterocycles. The number of hydrogen-bond acceptors (Lipinski definition) is 4. The molecule has 28 heavy (non-hydrogen) atoms. The Labute approximate surface area is 165 Å². The molecule has 1 aromatic rings. The third-order valence-corrected chi connectivity index (χ3v) is 6.80. The summed E-state index contributed by atoms with van der Waals surface area (Å²) in [6, 6.07) is 3.39. The number of rotatable bonds is 4. The molecule has 2 fully saturated rings. The molecule has 1 aromatic carbocycles. The first-order valence-corrected chi connectivity index (χ1v) is 10.6. The Bertz CT molecular complexity index is 779. The third kappa shape index (κ3) is 3.58. The number of hydrogen-bond donors (Lipinski definition) is 1. The standard InChI is InChI=1S/C22H29F2N3O/c23-16-5-6-19(24)18(8-16)22-20(25)9-17(13-28-22)27-11-15-2-1-7-26(21(15)12-27)10-14-3-4-14/h5-6,8,14,17,20,22H,1-4,7,9-13,25H2/t17-,20+,22-/m1/s1. The second-order valence-corrected chi connectivity index (χ2v) is 8.92. The summed E-state index contributed by atoms with van der Waals surface area (Å²) in [5.74, 6) is -0.00919. The molecular weight excluding hydrogens is 360 g/mol. The van der Waals surface area contributed by atoms with Crippen LogP contribution in [0.25, 0.3) is 0 Å². The first kappa shape index (κ1) is 18.5. The van der Waals surface area contributed by atoms with Crippen LogP contribution in [0.2, 0.25) is 0 Å². The molecule has 0 bridgehead atoms. The maximum absolute atomic E-state index is 14.2. The first-order valence-electron chi connectivity index (χ1n) is 10.6. The van der Waals surface area contributed by atoms with Crippen molar-refractivity contribution in [2.75, 3.05) is 32.8 Å². The van der Waals surface area contributed by atoms with E-state index in [4.69, 9.17) is 10.5 Å². The Kier molecular flexibility index (Phi) is 4.89. The van der Waals surface area contributed by atoms with Crippen molar-refractivity contribution in [1.29, 1.82) is 0 Å². The molecule has 5 rings (SSSR count). The topological polar surface area (TPSA) is 41.7 Å². The molecule has 3 atom stereocenters. The maximum atomic E-state index is 14.2. The van der Waals surface area contributed by atoms with Crippen molar-refractivity contribution in [1.82, 2.24) is 9.80 Å². The molecule has 4 nitrogen and oxygen atoms in total. The molecule has 3 aliphatic heterocycles. The van der Waals surface area contributed by atoms with E-state index in [1.54, 1.807) is 5.57 Å². The molecule has 1 saturated carbocycles. The molecule has 6 heteroatoms. The van der Waals surface area contributed by atoms with Crippen molar-refractivity contribution in [3.05, 3.63) is 46.7 Å². The minimum absolute atomic E-state index is 0.233. The van der Waals surface area contributed by atoms with Crippen molar-refractivity contribution in [2.45, 2.75) is 50.3 Å². The number of nitrogens with zero attached hydrogens (tertiary/aromatic N) is 2. The van der Waals surface area contributed by atoms with Gasteiger partial charge in [0.05, 0.1) is 6.61 Å². The summed E-state index contributed by atoms with van der Waals surface area (Å²) >= 11 is 0. The average molecular weight is 389 g/mol. The van der Waals surface area contributed by atoms with Crippen LogP contribution < -0.4 is 5.73 Å². The van der Waals surface area contributed by atoms with Crippen LogP contribution in [-0.2, 0) is 4.74 Å². The van der Waals surface area contributed by atoms with Crippen molar-refractivity contribution < 1.29 is 13.5 Å². The van der Waals surface area contributed by atoms with E-state index >= 15 is 0 Å². The fourth-order valence-electron chi connectivity index (χ4n) is 5.09. The molecule has 0 unspecified atom stereocenters. The van der Waals surface area contributed by atoms with Crippen LogP contribution in [0.5, 0.6) is 0 Å². The van der Waals surface area contributed by atoms with Crippen LogP contribution in [-0.4, -0.2) is 54.7 Å². The smallest absolute Gasteiger partial charge is 0.129 e. The highest BCUT2D eigenvalue weighted by atomic mass is 19.1. The van der Waals surface area contributed by atoms with Crippen molar-refractivity contribution in [2.24, 2.45) is 11.7 Å². The summed E-state index contributed by atoms with van der Waals surface area (Å²) in [7, 11) is 0. The summed E-state index contributed by atoms with van der Waals surface area (Å²) < 4.78 is 33.7. The van der Waals surface area contributed by atoms with E-state index < -0.39 is 17.7 Å². The molecule has 1 saturated heterocycles. The highest BCUT2D eigenvalue weighted by Crippen LogP contribution is 2.38. The SMILES string of the molecule is N[C@H]1C[C@@H](N2CC3=C(C2)N(CC2CC2)CCC3)CO[C@@H]1c1cc(F)ccc1F. The molecule has 0 amide bonds. The lowest BCUT2D eigenvalue weighted by molar-refractivity contribution is -0.0469. The van der Waals surface area contributed by atoms with E-state index in [0.717, 1.165) is 37.6 Å². The van der Waals surface area contributed by atoms with E-state index in [-0.39, 0.29) is 17.6 Å². The predicted octanol–water partition coefficient (Wildman–Crippen LogP) is 3.20. The Morgan fingerprint density at radius 2 is 2.04 bits per heavy atom. The van der Waals surface area contributed by atoms with E-state index in [9.17, 15) is 8.78 Å². The second-order valence-electron chi connectivity index (χ2n) is 8.92. The van der Waals surface area contributed by atoms with Gasteiger partial charge in [0.2, 0.25) is 0 Å². The molecule has 3 heterocycles. The van der Waals surface area contributed by atoms with Gasteiger partial charge in [-0.05, 0) is 61.8 Å². The summed E-state index contributed by atoms with van der Waals surface area (Å²) in [6.45, 7) is 4.88. The second kappa shape index (κ2) is 7.39. The van der Waals surface area contributed by atoms with Gasteiger partial charge in [-0.1, -0.05) is 0 Å². The van der Waals surface area contributed by atoms with Gasteiger partial charge in [0.25, 0.3) is 0 Å². The Hall–Kier alpha value is -1.50. The van der Waals surface area contributed by atoms with E-state index in [1.165, 1.54) is 50.5 Å². The Morgan fingerprint density at radius 1 is 1.18 bits per heavy atom. The summed E-state index contributed by atoms with van der Waals surface area (Å²) in [4.78, 5) is 5.10. The number of benzene rings is 1. The first-order chi connectivity index (χ1) is 13.6. The minimum Gasteiger partial charge on any atom is -0.373 e. The average Bonchev–Trinajstić information content (AvgIpc) is 3.38. The van der Waals surface area contributed by atoms with Gasteiger partial charge in [0, 0.05) is 49.5 Å². The van der Waals surface area contributed by atoms with Crippen LogP contribution >= 0.6 is 0 Å². The lowest BCUT2D eigenvalue weighted by atomic mass is 9.93. The number of nitrogens with two attached hydrogens (primary N) is 1. The predicted molar refractivity (Wildman–Crippen MR) is 104 cm³/mol. The van der Waals surface area contributed by atoms with Gasteiger partial charge in [0.1, 0.15) is 17.7 Å². The molecule has 152 valence electrons. The van der Waals surface area contributed by atoms with Gasteiger partial charge in [-0.15, -0.1) is 0 Å². The zero-order chi connectivity index (χ0) is 19.3. The summed E-state index contributed by atoms with van der Waals surface area (Å²) in [5.41, 5.74) is 9.72. The lowest BCUT2D eigenvalue weighted by Gasteiger charge is -2.39. The minimum atomic E-state index is -0.580. The molecule has 0 spiro atoms. The Balaban J connectivity index is 1.24. The quantitative estimate of drug-likeness (QED) is 0.859. The molecule has 2 N–H and O–H groups in total. The van der Waals surface area contributed by atoms with Gasteiger partial charge in [-0.3, -0.25) is 4.90 Å². The van der Waals surface area contributed by atoms with Gasteiger partial charge >= 0.3 is 0 Å². The van der Waals surface area contributed by atoms with Gasteiger partial charge in [-0.25, -0.2) is 8.78 Å². The maximum Gasteiger partial charge on any atom is 0.129 e. The molecular formula is C22H29F2N3O. The fourth-order valence-corrected chi connectivity index (χ4v) is 5.09. The highest BCUT2D eigenvalue weighted by molar-refractivity contribution is 5.26. The fraction of sp³-hybridized carbons (Fsp3) is 0.636. The zero-order valence-corrected chi connectivity index (χ0v) is 16.2. The van der Waals surface area contributed by atoms with Crippen molar-refractivity contribution in [3.63, 3.8) is 0 Å². The normalized spacial score (nSPS) is 31.4. The van der Waals surface area contributed by atoms with E-state index in [2.05, 4.69) is 9.80 Å². The van der Waals surface area contributed by atoms with Crippen LogP contribution in [0.4, 0.5) is 8.78 Å². The van der Waals surface area contributed by atoms with Crippen LogP contribution in [0.1, 0.15) is 43.8 Å². The number of halogens is 2. The molecule has 0 radical (unpaired) electrons. The van der Waals surface area contributed by atoms with Crippen LogP contribution in [0, 0.1) is 17.6 Å². The summed E-state index contributed by atoms with van der Waals surface area (Å²) in [5, 5.41) is 0. The van der Waals surface area contributed by atoms with Gasteiger partial charge in [0.15, 0.2) is 0 Å². The van der Waals surface area contributed by atoms with Crippen LogP contribution in [0.15, 0.2) is 29.5 Å². The lowest BCUT2D eigenvalue weighted by Crippen LogP contribution is -2.49. The molecule has 4 aliphatic rings. The van der Waals surface area contributed by atoms with Crippen LogP contribution in [0.3, 0.4) is 0 Å². The largest absolute Gasteiger partial charge is 0.373 e. The summed E-state index contributed by atoms with van der Waals surface area (Å²) in [6.07, 6.45) is 5.37. The van der Waals surface area contributed by atoms with Crippen molar-refractivity contribution >= 4 is 0 Å². The zero-order valence-electron chi connectivity index (χ0n) is 16.2. The highest BCUT2D eigenvalue weighted by Gasteiger charge is 2.39. The Morgan fingerprint density at radius 3 is 2.82 bits per heavy atom. The number of ether oxygens (including phenoxy) is 1. The monoisotopic (exact) mass is 389 g/mol. The molecule has 1 aliphatic carbocycles. The van der Waals surface area contributed by atoms with E-state index in [1.807, 2.05) is 0 Å². The van der Waals surface area contributed by atoms with E-state index in [0.29, 0.717) is 6.61 Å². The third-order valence-electron chi connectivity index (χ3n) is 6.80. The van der Waals surface area contributed by atoms with Gasteiger partial charge < -0.3 is 15.4 Å². The van der Waals surface area contributed by atoms with Crippen molar-refractivity contribution in [3.8, 4) is 0 Å². The van der Waals surface area contributed by atoms with Gasteiger partial charge in [-0.2, -0.15) is 0 Å².